The van der Waals surface area contributed by atoms with Crippen LogP contribution in [0.4, 0.5) is 0 Å². The van der Waals surface area contributed by atoms with E-state index in [1.54, 1.807) is 24.3 Å². The number of nitrogens with zero attached hydrogens (tertiary/aromatic N) is 1. The third-order valence-corrected chi connectivity index (χ3v) is 5.97. The number of hydrogen-bond acceptors (Lipinski definition) is 3. The minimum atomic E-state index is -3.73. The number of nitrogens with one attached hydrogen (secondary N) is 2. The van der Waals surface area contributed by atoms with Crippen molar-refractivity contribution in [2.75, 3.05) is 0 Å². The van der Waals surface area contributed by atoms with Gasteiger partial charge < -0.3 is 4.98 Å². The molecule has 27 heavy (non-hydrogen) atoms. The molecule has 0 fully saturated rings. The lowest BCUT2D eigenvalue weighted by atomic mass is 10.2. The Hall–Kier alpha value is -2.67. The van der Waals surface area contributed by atoms with Crippen LogP contribution in [0.5, 0.6) is 0 Å². The van der Waals surface area contributed by atoms with Gasteiger partial charge in [0.05, 0.1) is 10.5 Å². The van der Waals surface area contributed by atoms with Gasteiger partial charge in [0, 0.05) is 12.1 Å². The quantitative estimate of drug-likeness (QED) is 0.525. The molecule has 0 spiro atoms. The molecule has 0 aliphatic carbocycles. The highest BCUT2D eigenvalue weighted by Crippen LogP contribution is 2.29. The Morgan fingerprint density at radius 1 is 0.926 bits per heavy atom. The summed E-state index contributed by atoms with van der Waals surface area (Å²) in [6.45, 7) is 0.210. The van der Waals surface area contributed by atoms with Crippen LogP contribution < -0.4 is 4.72 Å². The Kier molecular flexibility index (Phi) is 4.70. The second-order valence-corrected chi connectivity index (χ2v) is 8.17. The molecule has 4 aromatic rings. The first-order valence-electron chi connectivity index (χ1n) is 8.32. The van der Waals surface area contributed by atoms with E-state index in [2.05, 4.69) is 14.7 Å². The van der Waals surface area contributed by atoms with Crippen LogP contribution in [0.15, 0.2) is 77.7 Å². The van der Waals surface area contributed by atoms with Gasteiger partial charge in [0.1, 0.15) is 16.2 Å². The van der Waals surface area contributed by atoms with Gasteiger partial charge in [-0.05, 0) is 29.8 Å². The number of aromatic nitrogens is 2. The molecular formula is C20H16ClN3O2S. The Labute approximate surface area is 162 Å². The molecule has 7 heteroatoms. The summed E-state index contributed by atoms with van der Waals surface area (Å²) in [6.07, 6.45) is 0. The van der Waals surface area contributed by atoms with E-state index < -0.39 is 10.0 Å². The lowest BCUT2D eigenvalue weighted by molar-refractivity contribution is 0.582. The molecule has 4 rings (SSSR count). The number of para-hydroxylation sites is 1. The molecule has 3 aromatic carbocycles. The fourth-order valence-electron chi connectivity index (χ4n) is 2.86. The lowest BCUT2D eigenvalue weighted by Gasteiger charge is -2.07. The summed E-state index contributed by atoms with van der Waals surface area (Å²) in [5, 5.41) is 0.545. The van der Waals surface area contributed by atoms with E-state index >= 15 is 0 Å². The monoisotopic (exact) mass is 397 g/mol. The zero-order valence-electron chi connectivity index (χ0n) is 14.2. The number of halogens is 1. The minimum Gasteiger partial charge on any atom is -0.338 e. The van der Waals surface area contributed by atoms with Gasteiger partial charge >= 0.3 is 0 Å². The summed E-state index contributed by atoms with van der Waals surface area (Å²) in [5.74, 6) is 0.529. The van der Waals surface area contributed by atoms with Crippen molar-refractivity contribution < 1.29 is 8.42 Å². The fourth-order valence-corrected chi connectivity index (χ4v) is 4.26. The van der Waals surface area contributed by atoms with Crippen molar-refractivity contribution in [1.82, 2.24) is 14.7 Å². The average molecular weight is 398 g/mol. The topological polar surface area (TPSA) is 74.8 Å². The summed E-state index contributed by atoms with van der Waals surface area (Å²) in [6, 6.07) is 21.7. The maximum absolute atomic E-state index is 12.8. The standard InChI is InChI=1S/C20H16ClN3O2S/c21-16-10-5-4-9-15(16)20-23-17-11-6-12-18(19(17)24-20)27(25,26)22-13-14-7-2-1-3-8-14/h1-12,22H,13H2,(H,23,24). The number of H-pyrrole nitrogens is 1. The normalized spacial score (nSPS) is 11.7. The molecule has 0 saturated carbocycles. The second-order valence-electron chi connectivity index (χ2n) is 6.03. The van der Waals surface area contributed by atoms with Gasteiger partial charge in [-0.15, -0.1) is 0 Å². The molecule has 0 atom stereocenters. The molecule has 0 unspecified atom stereocenters. The maximum Gasteiger partial charge on any atom is 0.243 e. The Balaban J connectivity index is 1.72. The summed E-state index contributed by atoms with van der Waals surface area (Å²) >= 11 is 6.24. The highest BCUT2D eigenvalue weighted by Gasteiger charge is 2.20. The molecule has 0 amide bonds. The Morgan fingerprint density at radius 3 is 2.44 bits per heavy atom. The van der Waals surface area contributed by atoms with Crippen molar-refractivity contribution in [1.29, 1.82) is 0 Å². The van der Waals surface area contributed by atoms with Crippen molar-refractivity contribution in [2.24, 2.45) is 0 Å². The third-order valence-electron chi connectivity index (χ3n) is 4.20. The smallest absolute Gasteiger partial charge is 0.243 e. The molecule has 1 heterocycles. The molecule has 136 valence electrons. The molecule has 0 aliphatic rings. The van der Waals surface area contributed by atoms with Crippen molar-refractivity contribution in [3.63, 3.8) is 0 Å². The van der Waals surface area contributed by atoms with Gasteiger partial charge in [-0.25, -0.2) is 18.1 Å². The van der Waals surface area contributed by atoms with Crippen LogP contribution in [-0.4, -0.2) is 18.4 Å². The van der Waals surface area contributed by atoms with E-state index in [4.69, 9.17) is 11.6 Å². The summed E-state index contributed by atoms with van der Waals surface area (Å²) in [5.41, 5.74) is 2.61. The predicted octanol–water partition coefficient (Wildman–Crippen LogP) is 4.36. The highest BCUT2D eigenvalue weighted by atomic mass is 35.5. The summed E-state index contributed by atoms with van der Waals surface area (Å²) < 4.78 is 28.3. The minimum absolute atomic E-state index is 0.130. The van der Waals surface area contributed by atoms with Gasteiger partial charge in [0.2, 0.25) is 10.0 Å². The van der Waals surface area contributed by atoms with Gasteiger partial charge in [0.15, 0.2) is 0 Å². The third kappa shape index (κ3) is 3.60. The van der Waals surface area contributed by atoms with Crippen molar-refractivity contribution in [2.45, 2.75) is 11.4 Å². The number of rotatable bonds is 5. The zero-order valence-corrected chi connectivity index (χ0v) is 15.8. The average Bonchev–Trinajstić information content (AvgIpc) is 3.11. The lowest BCUT2D eigenvalue weighted by Crippen LogP contribution is -2.23. The number of benzene rings is 3. The molecule has 0 aliphatic heterocycles. The Morgan fingerprint density at radius 2 is 1.67 bits per heavy atom. The number of hydrogen-bond donors (Lipinski definition) is 2. The molecule has 2 N–H and O–H groups in total. The highest BCUT2D eigenvalue weighted by molar-refractivity contribution is 7.89. The van der Waals surface area contributed by atoms with E-state index in [9.17, 15) is 8.42 Å². The van der Waals surface area contributed by atoms with Gasteiger partial charge in [-0.2, -0.15) is 0 Å². The second kappa shape index (κ2) is 7.15. The van der Waals surface area contributed by atoms with Crippen LogP contribution in [0, 0.1) is 0 Å². The van der Waals surface area contributed by atoms with E-state index in [0.717, 1.165) is 11.1 Å². The molecule has 0 saturated heterocycles. The van der Waals surface area contributed by atoms with E-state index in [1.165, 1.54) is 0 Å². The van der Waals surface area contributed by atoms with Crippen molar-refractivity contribution in [3.05, 3.63) is 83.4 Å². The largest absolute Gasteiger partial charge is 0.338 e. The predicted molar refractivity (Wildman–Crippen MR) is 107 cm³/mol. The van der Waals surface area contributed by atoms with Crippen LogP contribution in [0.25, 0.3) is 22.4 Å². The summed E-state index contributed by atoms with van der Waals surface area (Å²) in [4.78, 5) is 7.79. The van der Waals surface area contributed by atoms with E-state index in [0.29, 0.717) is 21.9 Å². The van der Waals surface area contributed by atoms with E-state index in [-0.39, 0.29) is 11.4 Å². The van der Waals surface area contributed by atoms with Crippen LogP contribution in [0.1, 0.15) is 5.56 Å². The van der Waals surface area contributed by atoms with Gasteiger partial charge in [0.25, 0.3) is 0 Å². The van der Waals surface area contributed by atoms with Crippen LogP contribution in [-0.2, 0) is 16.6 Å². The van der Waals surface area contributed by atoms with Crippen molar-refractivity contribution >= 4 is 32.7 Å². The number of sulfonamides is 1. The molecule has 0 radical (unpaired) electrons. The summed E-state index contributed by atoms with van der Waals surface area (Å²) in [7, 11) is -3.73. The molecular weight excluding hydrogens is 382 g/mol. The number of fused-ring (bicyclic) bond motifs is 1. The van der Waals surface area contributed by atoms with Gasteiger partial charge in [-0.3, -0.25) is 0 Å². The molecule has 5 nitrogen and oxygen atoms in total. The first kappa shape index (κ1) is 17.7. The Bertz CT molecular complexity index is 1200. The fraction of sp³-hybridized carbons (Fsp3) is 0.0500. The van der Waals surface area contributed by atoms with Gasteiger partial charge in [-0.1, -0.05) is 60.1 Å². The maximum atomic E-state index is 12.8. The van der Waals surface area contributed by atoms with Crippen LogP contribution in [0.3, 0.4) is 0 Å². The number of aromatic amines is 1. The first-order chi connectivity index (χ1) is 13.0. The van der Waals surface area contributed by atoms with Crippen LogP contribution >= 0.6 is 11.6 Å². The number of imidazole rings is 1. The molecule has 0 bridgehead atoms. The molecule has 1 aromatic heterocycles. The SMILES string of the molecule is O=S(=O)(NCc1ccccc1)c1cccc2[nH]c(-c3ccccc3Cl)nc12. The van der Waals surface area contributed by atoms with Crippen molar-refractivity contribution in [3.8, 4) is 11.4 Å². The van der Waals surface area contributed by atoms with E-state index in [1.807, 2.05) is 48.5 Å². The van der Waals surface area contributed by atoms with Crippen LogP contribution in [0.2, 0.25) is 5.02 Å². The zero-order chi connectivity index (χ0) is 18.9. The first-order valence-corrected chi connectivity index (χ1v) is 10.2.